The average molecular weight is 514 g/mol. The van der Waals surface area contributed by atoms with Gasteiger partial charge in [0.25, 0.3) is 0 Å². The van der Waals surface area contributed by atoms with Gasteiger partial charge in [-0.15, -0.1) is 0 Å². The van der Waals surface area contributed by atoms with Crippen molar-refractivity contribution in [2.75, 3.05) is 7.11 Å². The van der Waals surface area contributed by atoms with Crippen molar-refractivity contribution in [3.05, 3.63) is 35.4 Å². The molecule has 0 aromatic heterocycles. The van der Waals surface area contributed by atoms with Crippen LogP contribution in [0.4, 0.5) is 0 Å². The molecule has 0 fully saturated rings. The lowest BCUT2D eigenvalue weighted by molar-refractivity contribution is 0.324. The third-order valence-corrected chi connectivity index (χ3v) is 6.70. The van der Waals surface area contributed by atoms with E-state index in [1.807, 2.05) is 0 Å². The van der Waals surface area contributed by atoms with Gasteiger partial charge in [0.1, 0.15) is 0 Å². The molecule has 206 valence electrons. The molecule has 0 bridgehead atoms. The predicted molar refractivity (Wildman–Crippen MR) is 150 cm³/mol. The van der Waals surface area contributed by atoms with Crippen molar-refractivity contribution in [1.29, 1.82) is 0 Å². The van der Waals surface area contributed by atoms with Gasteiger partial charge < -0.3 is 5.73 Å². The summed E-state index contributed by atoms with van der Waals surface area (Å²) in [7, 11) is -3.29. The topological polar surface area (TPSA) is 89.6 Å². The zero-order valence-corrected chi connectivity index (χ0v) is 24.0. The molecular weight excluding hydrogens is 458 g/mol. The van der Waals surface area contributed by atoms with E-state index in [-0.39, 0.29) is 5.54 Å². The fourth-order valence-corrected chi connectivity index (χ4v) is 4.33. The zero-order chi connectivity index (χ0) is 26.4. The summed E-state index contributed by atoms with van der Waals surface area (Å²) < 4.78 is 29.7. The van der Waals surface area contributed by atoms with E-state index >= 15 is 0 Å². The first-order valence-corrected chi connectivity index (χ1v) is 15.3. The molecule has 0 aliphatic heterocycles. The zero-order valence-electron chi connectivity index (χ0n) is 23.2. The lowest BCUT2D eigenvalue weighted by Gasteiger charge is -2.20. The number of rotatable bonds is 20. The molecule has 35 heavy (non-hydrogen) atoms. The van der Waals surface area contributed by atoms with Crippen LogP contribution in [0.2, 0.25) is 0 Å². The third-order valence-electron chi connectivity index (χ3n) is 6.27. The lowest BCUT2D eigenvalue weighted by atomic mass is 9.91. The van der Waals surface area contributed by atoms with Gasteiger partial charge in [-0.1, -0.05) is 128 Å². The maximum Gasteiger partial charge on any atom is 0.397 e. The molecule has 0 heterocycles. The Balaban J connectivity index is 0.00000170. The van der Waals surface area contributed by atoms with Crippen LogP contribution >= 0.6 is 0 Å². The smallest absolute Gasteiger partial charge is 0.325 e. The van der Waals surface area contributed by atoms with Crippen LogP contribution in [0.25, 0.3) is 0 Å². The maximum absolute atomic E-state index is 9.33. The van der Waals surface area contributed by atoms with Crippen LogP contribution in [0.5, 0.6) is 0 Å². The number of hydrogen-bond acceptors (Lipinski definition) is 4. The highest BCUT2D eigenvalue weighted by atomic mass is 32.3. The van der Waals surface area contributed by atoms with Gasteiger partial charge in [-0.25, -0.2) is 0 Å². The van der Waals surface area contributed by atoms with Crippen molar-refractivity contribution in [3.8, 4) is 0 Å². The number of nitrogens with two attached hydrogens (primary N) is 1. The third kappa shape index (κ3) is 24.5. The van der Waals surface area contributed by atoms with Crippen LogP contribution in [0.1, 0.15) is 135 Å². The number of unbranched alkanes of at least 4 members (excludes halogenated alkanes) is 15. The van der Waals surface area contributed by atoms with Crippen LogP contribution in [0, 0.1) is 0 Å². The molecule has 0 aliphatic rings. The van der Waals surface area contributed by atoms with Crippen molar-refractivity contribution < 1.29 is 17.2 Å². The molecule has 0 atom stereocenters. The standard InChI is InChI=1S/C28H51N.CH4O4S/c1-4-5-6-7-8-9-10-11-12-13-14-15-16-17-18-19-22-26-23-20-21-24-27(26)25-28(2,3)29;1-5-6(2,3)4/h20-21,23-24H,4-19,22,25,29H2,1-3H3;1H3,(H,2,3,4). The monoisotopic (exact) mass is 513 g/mol. The van der Waals surface area contributed by atoms with Crippen LogP contribution < -0.4 is 5.73 Å². The second-order valence-electron chi connectivity index (χ2n) is 10.6. The highest BCUT2D eigenvalue weighted by Crippen LogP contribution is 2.19. The SMILES string of the molecule is CCCCCCCCCCCCCCCCCCc1ccccc1CC(C)(C)N.COS(=O)(=O)O. The predicted octanol–water partition coefficient (Wildman–Crippen LogP) is 8.21. The van der Waals surface area contributed by atoms with E-state index in [9.17, 15) is 8.42 Å². The highest BCUT2D eigenvalue weighted by Gasteiger charge is 2.13. The summed E-state index contributed by atoms with van der Waals surface area (Å²) >= 11 is 0. The van der Waals surface area contributed by atoms with Crippen LogP contribution in [0.3, 0.4) is 0 Å². The quantitative estimate of drug-likeness (QED) is 0.135. The molecule has 0 amide bonds. The van der Waals surface area contributed by atoms with Crippen LogP contribution in [0.15, 0.2) is 24.3 Å². The average Bonchev–Trinajstić information content (AvgIpc) is 2.79. The summed E-state index contributed by atoms with van der Waals surface area (Å²) in [6.45, 7) is 6.54. The van der Waals surface area contributed by atoms with E-state index in [4.69, 9.17) is 10.3 Å². The minimum absolute atomic E-state index is 0.120. The molecule has 5 nitrogen and oxygen atoms in total. The van der Waals surface area contributed by atoms with E-state index in [2.05, 4.69) is 49.2 Å². The van der Waals surface area contributed by atoms with Gasteiger partial charge in [0, 0.05) is 5.54 Å². The molecule has 0 aliphatic carbocycles. The Kier molecular flexibility index (Phi) is 20.6. The van der Waals surface area contributed by atoms with Crippen LogP contribution in [-0.4, -0.2) is 25.6 Å². The largest absolute Gasteiger partial charge is 0.397 e. The van der Waals surface area contributed by atoms with E-state index < -0.39 is 10.4 Å². The van der Waals surface area contributed by atoms with Gasteiger partial charge in [-0.05, 0) is 44.2 Å². The van der Waals surface area contributed by atoms with E-state index in [1.165, 1.54) is 120 Å². The molecule has 3 N–H and O–H groups in total. The van der Waals surface area contributed by atoms with Gasteiger partial charge >= 0.3 is 10.4 Å². The summed E-state index contributed by atoms with van der Waals surface area (Å²) in [6.07, 6.45) is 25.1. The molecular formula is C29H55NO4S. The van der Waals surface area contributed by atoms with Crippen molar-refractivity contribution in [3.63, 3.8) is 0 Å². The molecule has 1 aromatic rings. The Hall–Kier alpha value is -0.950. The summed E-state index contributed by atoms with van der Waals surface area (Å²) in [5, 5.41) is 0. The van der Waals surface area contributed by atoms with Gasteiger partial charge in [-0.3, -0.25) is 8.74 Å². The van der Waals surface area contributed by atoms with Crippen LogP contribution in [-0.2, 0) is 27.4 Å². The Labute approximate surface area is 217 Å². The van der Waals surface area contributed by atoms with Gasteiger partial charge in [-0.2, -0.15) is 8.42 Å². The molecule has 0 radical (unpaired) electrons. The number of aryl methyl sites for hydroxylation is 1. The molecule has 0 unspecified atom stereocenters. The fraction of sp³-hybridized carbons (Fsp3) is 0.793. The summed E-state index contributed by atoms with van der Waals surface area (Å²) in [6, 6.07) is 8.88. The number of benzene rings is 1. The molecule has 1 aromatic carbocycles. The molecule has 0 saturated carbocycles. The van der Waals surface area contributed by atoms with Gasteiger partial charge in [0.05, 0.1) is 7.11 Å². The normalized spacial score (nSPS) is 11.8. The van der Waals surface area contributed by atoms with Crippen molar-refractivity contribution in [2.24, 2.45) is 5.73 Å². The van der Waals surface area contributed by atoms with Gasteiger partial charge in [0.15, 0.2) is 0 Å². The minimum Gasteiger partial charge on any atom is -0.325 e. The molecule has 6 heteroatoms. The van der Waals surface area contributed by atoms with E-state index in [0.29, 0.717) is 0 Å². The minimum atomic E-state index is -4.16. The molecule has 0 spiro atoms. The Morgan fingerprint density at radius 2 is 1.09 bits per heavy atom. The maximum atomic E-state index is 9.33. The first-order chi connectivity index (χ1) is 16.6. The molecule has 1 rings (SSSR count). The van der Waals surface area contributed by atoms with Crippen molar-refractivity contribution in [2.45, 2.75) is 142 Å². The molecule has 0 saturated heterocycles. The Morgan fingerprint density at radius 3 is 1.43 bits per heavy atom. The summed E-state index contributed by atoms with van der Waals surface area (Å²) in [5.74, 6) is 0. The highest BCUT2D eigenvalue weighted by molar-refractivity contribution is 7.80. The first-order valence-electron chi connectivity index (χ1n) is 14.0. The second-order valence-corrected chi connectivity index (χ2v) is 11.8. The van der Waals surface area contributed by atoms with Crippen molar-refractivity contribution >= 4 is 10.4 Å². The van der Waals surface area contributed by atoms with E-state index in [1.54, 1.807) is 0 Å². The first kappa shape index (κ1) is 34.0. The van der Waals surface area contributed by atoms with E-state index in [0.717, 1.165) is 13.5 Å². The summed E-state index contributed by atoms with van der Waals surface area (Å²) in [5.41, 5.74) is 9.06. The Morgan fingerprint density at radius 1 is 0.743 bits per heavy atom. The van der Waals surface area contributed by atoms with Gasteiger partial charge in [0.2, 0.25) is 0 Å². The second kappa shape index (κ2) is 21.2. The Bertz CT molecular complexity index is 714. The fourth-order valence-electron chi connectivity index (χ4n) is 4.33. The lowest BCUT2D eigenvalue weighted by Crippen LogP contribution is -2.34. The van der Waals surface area contributed by atoms with Crippen molar-refractivity contribution in [1.82, 2.24) is 0 Å². The number of hydrogen-bond donors (Lipinski definition) is 2. The summed E-state index contributed by atoms with van der Waals surface area (Å²) in [4.78, 5) is 0.